The number of imide groups is 1. The number of amides is 8. The van der Waals surface area contributed by atoms with Gasteiger partial charge in [-0.25, -0.2) is 4.79 Å². The average Bonchev–Trinajstić information content (AvgIpc) is 4.22. The fraction of sp³-hybridized carbons (Fsp3) is 0.410. The van der Waals surface area contributed by atoms with Crippen LogP contribution in [-0.2, 0) is 51.6 Å². The molecule has 1 saturated carbocycles. The van der Waals surface area contributed by atoms with E-state index in [1.165, 1.54) is 45.3 Å². The number of H-pyrrole nitrogens is 1. The summed E-state index contributed by atoms with van der Waals surface area (Å²) in [4.78, 5) is 163. The molecule has 0 radical (unpaired) electrons. The topological polar surface area (TPSA) is 326 Å². The minimum absolute atomic E-state index is 0.0217. The first-order valence-corrected chi connectivity index (χ1v) is 30.4. The van der Waals surface area contributed by atoms with Crippen LogP contribution < -0.4 is 27.4 Å². The Morgan fingerprint density at radius 3 is 2.11 bits per heavy atom. The second kappa shape index (κ2) is 25.0. The van der Waals surface area contributed by atoms with Crippen LogP contribution >= 0.6 is 7.60 Å². The van der Waals surface area contributed by atoms with E-state index in [2.05, 4.69) is 20.9 Å². The molecular formula is C61H69N10O13P. The molecule has 3 aliphatic heterocycles. The number of primary amides is 1. The number of carbonyl (C=O) groups is 9. The summed E-state index contributed by atoms with van der Waals surface area (Å²) in [5.74, 6) is -3.96. The standard InChI is InChI=1S/C61H69N10O13P/c1-67-50-30-37(17-22-47(50)71(61(67)81)49-24-26-52(73)68(2)59(49)79)29-35-13-15-36(16-14-35)31-53(74)69-28-27-42-19-23-48(57(77)64-44(21-25-51(62)72)55(75)66-54(38-9-5-3-6-10-38)39-11-7-4-8-12-39)70(42)58(78)46(34-69)65-56(76)45-33-41-32-40(18-20-43(41)63-45)60(80)85(82,83)84/h3-12,17-18,20,22,30,32-33,35-36,42,44,46,48-49,54,63H,13-16,19,21,23-29,31,34H2,1-2H3,(H2,62,72)(H,64,77)(H,65,76)(H,66,75)(H2,82,83,84)/t35-,36+,42-,44+,46+,48+,49?/m1/s1. The monoisotopic (exact) mass is 1180 g/mol. The van der Waals surface area contributed by atoms with Crippen molar-refractivity contribution in [3.05, 3.63) is 142 Å². The maximum absolute atomic E-state index is 15.2. The summed E-state index contributed by atoms with van der Waals surface area (Å²) in [7, 11) is -2.03. The van der Waals surface area contributed by atoms with E-state index in [1.807, 2.05) is 78.9 Å². The Kier molecular flexibility index (Phi) is 17.5. The summed E-state index contributed by atoms with van der Waals surface area (Å²) < 4.78 is 14.8. The van der Waals surface area contributed by atoms with Gasteiger partial charge in [0.05, 0.1) is 17.1 Å². The van der Waals surface area contributed by atoms with Gasteiger partial charge in [-0.2, -0.15) is 0 Å². The molecule has 5 atom stereocenters. The van der Waals surface area contributed by atoms with Crippen molar-refractivity contribution in [2.75, 3.05) is 20.1 Å². The maximum atomic E-state index is 15.2. The third-order valence-corrected chi connectivity index (χ3v) is 18.2. The Labute approximate surface area is 488 Å². The van der Waals surface area contributed by atoms with Gasteiger partial charge in [0.2, 0.25) is 35.4 Å². The highest BCUT2D eigenvalue weighted by Crippen LogP contribution is 2.40. The lowest BCUT2D eigenvalue weighted by molar-refractivity contribution is -0.149. The number of aryl methyl sites for hydroxylation is 1. The third kappa shape index (κ3) is 12.9. The lowest BCUT2D eigenvalue weighted by Crippen LogP contribution is -2.62. The molecular weight excluding hydrogens is 1110 g/mol. The number of nitrogens with one attached hydrogen (secondary N) is 4. The summed E-state index contributed by atoms with van der Waals surface area (Å²) in [5, 5.41) is 8.96. The number of benzene rings is 4. The lowest BCUT2D eigenvalue weighted by atomic mass is 9.78. The number of likely N-dealkylation sites (tertiary alicyclic amines) is 1. The van der Waals surface area contributed by atoms with E-state index in [4.69, 9.17) is 5.73 Å². The van der Waals surface area contributed by atoms with Crippen LogP contribution in [0.5, 0.6) is 0 Å². The van der Waals surface area contributed by atoms with E-state index >= 15 is 4.79 Å². The zero-order chi connectivity index (χ0) is 60.4. The second-order valence-electron chi connectivity index (χ2n) is 23.0. The van der Waals surface area contributed by atoms with Crippen LogP contribution in [0.1, 0.15) is 127 Å². The van der Waals surface area contributed by atoms with Gasteiger partial charge in [-0.1, -0.05) is 66.7 Å². The molecule has 4 aliphatic rings. The van der Waals surface area contributed by atoms with Crippen LogP contribution in [0.15, 0.2) is 108 Å². The molecule has 85 heavy (non-hydrogen) atoms. The maximum Gasteiger partial charge on any atom is 0.396 e. The summed E-state index contributed by atoms with van der Waals surface area (Å²) in [6.45, 7) is -0.0650. The number of likely N-dealkylation sites (N-methyl/N-ethyl adjacent to an activating group) is 1. The van der Waals surface area contributed by atoms with Crippen molar-refractivity contribution in [1.29, 1.82) is 0 Å². The van der Waals surface area contributed by atoms with Crippen molar-refractivity contribution in [3.8, 4) is 0 Å². The molecule has 3 saturated heterocycles. The lowest BCUT2D eigenvalue weighted by Gasteiger charge is -2.39. The fourth-order valence-corrected chi connectivity index (χ4v) is 13.3. The smallest absolute Gasteiger partial charge is 0.370 e. The molecule has 1 aliphatic carbocycles. The molecule has 6 aromatic rings. The molecule has 8 amide bonds. The number of imidazole rings is 1. The van der Waals surface area contributed by atoms with Crippen molar-refractivity contribution < 1.29 is 57.5 Å². The quantitative estimate of drug-likeness (QED) is 0.0468. The van der Waals surface area contributed by atoms with E-state index in [0.717, 1.165) is 53.7 Å². The molecule has 8 N–H and O–H groups in total. The number of rotatable bonds is 18. The summed E-state index contributed by atoms with van der Waals surface area (Å²) in [6, 6.07) is 23.7. The van der Waals surface area contributed by atoms with Crippen LogP contribution in [0, 0.1) is 11.8 Å². The first-order valence-electron chi connectivity index (χ1n) is 28.8. The van der Waals surface area contributed by atoms with Crippen molar-refractivity contribution >= 4 is 82.3 Å². The third-order valence-electron chi connectivity index (χ3n) is 17.4. The number of aromatic amines is 1. The number of hydrogen-bond acceptors (Lipinski definition) is 11. The van der Waals surface area contributed by atoms with Gasteiger partial charge in [-0.3, -0.25) is 61.7 Å². The Hall–Kier alpha value is -8.53. The van der Waals surface area contributed by atoms with Gasteiger partial charge in [0, 0.05) is 69.0 Å². The fourth-order valence-electron chi connectivity index (χ4n) is 12.8. The largest absolute Gasteiger partial charge is 0.396 e. The van der Waals surface area contributed by atoms with E-state index in [9.17, 15) is 57.5 Å². The van der Waals surface area contributed by atoms with Crippen LogP contribution in [0.3, 0.4) is 0 Å². The predicted octanol–water partition coefficient (Wildman–Crippen LogP) is 4.24. The van der Waals surface area contributed by atoms with Gasteiger partial charge in [0.15, 0.2) is 0 Å². The van der Waals surface area contributed by atoms with Crippen molar-refractivity contribution in [2.45, 2.75) is 120 Å². The second-order valence-corrected chi connectivity index (χ2v) is 24.5. The van der Waals surface area contributed by atoms with Gasteiger partial charge >= 0.3 is 13.3 Å². The van der Waals surface area contributed by atoms with Crippen LogP contribution in [0.25, 0.3) is 21.9 Å². The van der Waals surface area contributed by atoms with Crippen molar-refractivity contribution in [1.82, 2.24) is 44.8 Å². The number of piperidine rings is 1. The van der Waals surface area contributed by atoms with Crippen LogP contribution in [-0.4, -0.2) is 136 Å². The van der Waals surface area contributed by atoms with Gasteiger partial charge in [0.25, 0.3) is 17.3 Å². The molecule has 5 heterocycles. The summed E-state index contributed by atoms with van der Waals surface area (Å²) in [5.41, 5.74) is 7.70. The number of carbonyl (C=O) groups excluding carboxylic acids is 9. The van der Waals surface area contributed by atoms with E-state index < -0.39 is 84.8 Å². The number of fused-ring (bicyclic) bond motifs is 3. The minimum atomic E-state index is -5.13. The first-order chi connectivity index (χ1) is 40.6. The van der Waals surface area contributed by atoms with Gasteiger partial charge in [-0.15, -0.1) is 0 Å². The molecule has 23 nitrogen and oxygen atoms in total. The van der Waals surface area contributed by atoms with Crippen LogP contribution in [0.2, 0.25) is 0 Å². The number of nitrogens with zero attached hydrogens (tertiary/aromatic N) is 5. The molecule has 4 aromatic carbocycles. The first kappa shape index (κ1) is 59.6. The number of aromatic nitrogens is 3. The number of nitrogens with two attached hydrogens (primary N) is 1. The Morgan fingerprint density at radius 2 is 1.44 bits per heavy atom. The van der Waals surface area contributed by atoms with Gasteiger partial charge < -0.3 is 46.3 Å². The Balaban J connectivity index is 0.844. The van der Waals surface area contributed by atoms with E-state index in [0.29, 0.717) is 29.4 Å². The van der Waals surface area contributed by atoms with E-state index in [1.54, 1.807) is 11.9 Å². The molecule has 0 bridgehead atoms. The highest BCUT2D eigenvalue weighted by atomic mass is 31.2. The number of hydrogen-bond donors (Lipinski definition) is 7. The van der Waals surface area contributed by atoms with Gasteiger partial charge in [-0.05, 0) is 129 Å². The summed E-state index contributed by atoms with van der Waals surface area (Å²) in [6.07, 6.45) is 4.95. The highest BCUT2D eigenvalue weighted by molar-refractivity contribution is 7.70. The zero-order valence-electron chi connectivity index (χ0n) is 47.2. The SMILES string of the molecule is CN1C(=O)CCC(n2c(=O)n(C)c3cc(C[C@H]4CC[C@@H](CC(=O)N5CC[C@H]6CC[C@@H](C(=O)N[C@@H](CCC(N)=O)C(=O)NC(c7ccccc7)c7ccccc7)N6C(=O)[C@@H](NC(=O)c6cc7cc(C(=O)P(=O)(O)O)ccc7[nH]6)C5)CC4)ccc32)C1=O. The molecule has 1 unspecified atom stereocenters. The summed E-state index contributed by atoms with van der Waals surface area (Å²) >= 11 is 0. The normalized spacial score (nSPS) is 21.6. The molecule has 446 valence electrons. The predicted molar refractivity (Wildman–Crippen MR) is 311 cm³/mol. The zero-order valence-corrected chi connectivity index (χ0v) is 48.1. The minimum Gasteiger partial charge on any atom is -0.370 e. The van der Waals surface area contributed by atoms with Crippen LogP contribution in [0.4, 0.5) is 0 Å². The Bertz CT molecular complexity index is 3680. The van der Waals surface area contributed by atoms with Gasteiger partial charge in [0.1, 0.15) is 29.9 Å². The van der Waals surface area contributed by atoms with E-state index in [-0.39, 0.29) is 97.6 Å². The average molecular weight is 1180 g/mol. The molecule has 0 spiro atoms. The van der Waals surface area contributed by atoms with Crippen molar-refractivity contribution in [3.63, 3.8) is 0 Å². The molecule has 4 fully saturated rings. The molecule has 2 aromatic heterocycles. The molecule has 10 rings (SSSR count). The van der Waals surface area contributed by atoms with Crippen molar-refractivity contribution in [2.24, 2.45) is 24.6 Å². The molecule has 24 heteroatoms. The highest BCUT2D eigenvalue weighted by Gasteiger charge is 2.47. The Morgan fingerprint density at radius 1 is 0.753 bits per heavy atom.